The van der Waals surface area contributed by atoms with Gasteiger partial charge in [0.1, 0.15) is 17.2 Å². The summed E-state index contributed by atoms with van der Waals surface area (Å²) in [5.41, 5.74) is 3.20. The van der Waals surface area contributed by atoms with Crippen molar-refractivity contribution in [2.75, 3.05) is 33.3 Å². The Morgan fingerprint density at radius 1 is 0.865 bits per heavy atom. The maximum absolute atomic E-state index is 13.0. The number of anilines is 1. The lowest BCUT2D eigenvalue weighted by Crippen LogP contribution is -2.13. The number of carbonyl (C=O) groups is 2. The van der Waals surface area contributed by atoms with Gasteiger partial charge in [-0.05, 0) is 61.5 Å². The fourth-order valence-electron chi connectivity index (χ4n) is 3.75. The first kappa shape index (κ1) is 25.3. The summed E-state index contributed by atoms with van der Waals surface area (Å²) in [7, 11) is 4.63. The van der Waals surface area contributed by atoms with E-state index in [1.54, 1.807) is 62.2 Å². The van der Waals surface area contributed by atoms with Crippen LogP contribution in [-0.4, -0.2) is 49.6 Å². The smallest absolute Gasteiger partial charge is 0.358 e. The Balaban J connectivity index is 1.69. The van der Waals surface area contributed by atoms with Crippen LogP contribution in [0.1, 0.15) is 27.8 Å². The summed E-state index contributed by atoms with van der Waals surface area (Å²) in [6.45, 7) is 1.98. The van der Waals surface area contributed by atoms with E-state index in [0.717, 1.165) is 11.3 Å². The summed E-state index contributed by atoms with van der Waals surface area (Å²) < 4.78 is 22.6. The van der Waals surface area contributed by atoms with Crippen molar-refractivity contribution < 1.29 is 28.5 Å². The number of aromatic nitrogens is 2. The van der Waals surface area contributed by atoms with E-state index < -0.39 is 5.97 Å². The van der Waals surface area contributed by atoms with Crippen LogP contribution >= 0.6 is 0 Å². The minimum Gasteiger partial charge on any atom is -0.497 e. The highest BCUT2D eigenvalue weighted by Crippen LogP contribution is 2.29. The zero-order chi connectivity index (χ0) is 26.4. The third-order valence-electron chi connectivity index (χ3n) is 5.58. The van der Waals surface area contributed by atoms with Crippen molar-refractivity contribution in [3.63, 3.8) is 0 Å². The molecule has 37 heavy (non-hydrogen) atoms. The van der Waals surface area contributed by atoms with Crippen LogP contribution in [0.15, 0.2) is 72.8 Å². The van der Waals surface area contributed by atoms with Gasteiger partial charge >= 0.3 is 5.97 Å². The summed E-state index contributed by atoms with van der Waals surface area (Å²) in [6.07, 6.45) is 0. The average molecular weight is 502 g/mol. The van der Waals surface area contributed by atoms with Crippen molar-refractivity contribution >= 4 is 17.6 Å². The first-order valence-electron chi connectivity index (χ1n) is 11.5. The maximum Gasteiger partial charge on any atom is 0.358 e. The molecule has 0 bridgehead atoms. The molecule has 0 unspecified atom stereocenters. The maximum atomic E-state index is 13.0. The molecule has 0 atom stereocenters. The minimum absolute atomic E-state index is 0.171. The highest BCUT2D eigenvalue weighted by molar-refractivity contribution is 6.06. The molecule has 0 saturated heterocycles. The van der Waals surface area contributed by atoms with Crippen LogP contribution in [0.5, 0.6) is 17.2 Å². The van der Waals surface area contributed by atoms with E-state index in [2.05, 4.69) is 10.4 Å². The van der Waals surface area contributed by atoms with Gasteiger partial charge in [0.2, 0.25) is 0 Å². The number of hydrogen-bond donors (Lipinski definition) is 1. The van der Waals surface area contributed by atoms with E-state index in [0.29, 0.717) is 34.2 Å². The normalized spacial score (nSPS) is 10.5. The second-order valence-corrected chi connectivity index (χ2v) is 7.85. The molecule has 0 spiro atoms. The van der Waals surface area contributed by atoms with Gasteiger partial charge in [0.25, 0.3) is 5.91 Å². The van der Waals surface area contributed by atoms with Crippen LogP contribution in [0.2, 0.25) is 0 Å². The molecule has 1 aromatic heterocycles. The lowest BCUT2D eigenvalue weighted by Gasteiger charge is -2.12. The summed E-state index contributed by atoms with van der Waals surface area (Å²) in [4.78, 5) is 25.5. The summed E-state index contributed by atoms with van der Waals surface area (Å²) in [5, 5.41) is 7.40. The van der Waals surface area contributed by atoms with Crippen LogP contribution in [0.3, 0.4) is 0 Å². The molecule has 0 aliphatic heterocycles. The van der Waals surface area contributed by atoms with Gasteiger partial charge in [-0.1, -0.05) is 12.1 Å². The zero-order valence-corrected chi connectivity index (χ0v) is 21.0. The van der Waals surface area contributed by atoms with Gasteiger partial charge in [-0.25, -0.2) is 9.48 Å². The van der Waals surface area contributed by atoms with E-state index >= 15 is 0 Å². The molecule has 1 amide bonds. The van der Waals surface area contributed by atoms with Crippen LogP contribution in [0.25, 0.3) is 16.9 Å². The van der Waals surface area contributed by atoms with E-state index in [-0.39, 0.29) is 18.2 Å². The van der Waals surface area contributed by atoms with Gasteiger partial charge in [0.05, 0.1) is 44.9 Å². The molecule has 3 aromatic carbocycles. The molecule has 0 saturated carbocycles. The van der Waals surface area contributed by atoms with Crippen LogP contribution in [0.4, 0.5) is 5.69 Å². The van der Waals surface area contributed by atoms with E-state index in [9.17, 15) is 9.59 Å². The molecule has 0 fully saturated rings. The van der Waals surface area contributed by atoms with Gasteiger partial charge in [-0.2, -0.15) is 5.10 Å². The van der Waals surface area contributed by atoms with Crippen molar-refractivity contribution in [3.8, 4) is 34.2 Å². The molecule has 4 aromatic rings. The number of methoxy groups -OCH3 is 3. The predicted molar refractivity (Wildman–Crippen MR) is 139 cm³/mol. The number of carbonyl (C=O) groups excluding carboxylic acids is 2. The third kappa shape index (κ3) is 5.56. The van der Waals surface area contributed by atoms with Gasteiger partial charge in [-0.3, -0.25) is 4.79 Å². The van der Waals surface area contributed by atoms with Crippen molar-refractivity contribution in [3.05, 3.63) is 84.1 Å². The van der Waals surface area contributed by atoms with Crippen LogP contribution < -0.4 is 19.5 Å². The molecule has 0 radical (unpaired) electrons. The number of ether oxygens (including phenoxy) is 4. The minimum atomic E-state index is -0.521. The van der Waals surface area contributed by atoms with Crippen LogP contribution in [-0.2, 0) is 4.74 Å². The Hall–Kier alpha value is -4.79. The Bertz CT molecular complexity index is 1410. The Morgan fingerprint density at radius 2 is 1.59 bits per heavy atom. The monoisotopic (exact) mass is 501 g/mol. The first-order valence-corrected chi connectivity index (χ1v) is 11.5. The van der Waals surface area contributed by atoms with Crippen molar-refractivity contribution in [2.24, 2.45) is 0 Å². The number of amides is 1. The molecule has 190 valence electrons. The van der Waals surface area contributed by atoms with Crippen LogP contribution in [0, 0.1) is 0 Å². The summed E-state index contributed by atoms with van der Waals surface area (Å²) >= 11 is 0. The standard InChI is InChI=1S/C28H27N3O6/c1-5-37-28(33)24-17-25(31(30-24)20-9-11-21(34-2)12-10-20)18-7-6-8-19(15-18)29-27(32)23-14-13-22(35-3)16-26(23)36-4/h6-17H,5H2,1-4H3,(H,29,32). The molecular weight excluding hydrogens is 474 g/mol. The number of esters is 1. The lowest BCUT2D eigenvalue weighted by molar-refractivity contribution is 0.0518. The van der Waals surface area contributed by atoms with Gasteiger partial charge in [-0.15, -0.1) is 0 Å². The molecule has 0 aliphatic carbocycles. The van der Waals surface area contributed by atoms with Crippen molar-refractivity contribution in [1.82, 2.24) is 9.78 Å². The summed E-state index contributed by atoms with van der Waals surface area (Å²) in [6, 6.07) is 21.2. The average Bonchev–Trinajstić information content (AvgIpc) is 3.39. The zero-order valence-electron chi connectivity index (χ0n) is 21.0. The second-order valence-electron chi connectivity index (χ2n) is 7.85. The fourth-order valence-corrected chi connectivity index (χ4v) is 3.75. The number of benzene rings is 3. The summed E-state index contributed by atoms with van der Waals surface area (Å²) in [5.74, 6) is 0.811. The third-order valence-corrected chi connectivity index (χ3v) is 5.58. The van der Waals surface area contributed by atoms with E-state index in [1.807, 2.05) is 36.4 Å². The highest BCUT2D eigenvalue weighted by Gasteiger charge is 2.19. The molecule has 0 aliphatic rings. The number of nitrogens with zero attached hydrogens (tertiary/aromatic N) is 2. The number of hydrogen-bond acceptors (Lipinski definition) is 7. The topological polar surface area (TPSA) is 101 Å². The van der Waals surface area contributed by atoms with Crippen molar-refractivity contribution in [2.45, 2.75) is 6.92 Å². The predicted octanol–water partition coefficient (Wildman–Crippen LogP) is 4.99. The number of nitrogens with one attached hydrogen (secondary N) is 1. The van der Waals surface area contributed by atoms with Crippen molar-refractivity contribution in [1.29, 1.82) is 0 Å². The molecule has 1 N–H and O–H groups in total. The number of rotatable bonds is 9. The van der Waals surface area contributed by atoms with Gasteiger partial charge < -0.3 is 24.3 Å². The van der Waals surface area contributed by atoms with Gasteiger partial charge in [0, 0.05) is 17.3 Å². The molecule has 9 nitrogen and oxygen atoms in total. The SMILES string of the molecule is CCOC(=O)c1cc(-c2cccc(NC(=O)c3ccc(OC)cc3OC)c2)n(-c2ccc(OC)cc2)n1. The van der Waals surface area contributed by atoms with Gasteiger partial charge in [0.15, 0.2) is 5.69 Å². The molecule has 1 heterocycles. The second kappa shape index (κ2) is 11.3. The Kier molecular flexibility index (Phi) is 7.73. The quantitative estimate of drug-likeness (QED) is 0.322. The molecule has 9 heteroatoms. The van der Waals surface area contributed by atoms with E-state index in [4.69, 9.17) is 18.9 Å². The Morgan fingerprint density at radius 3 is 2.27 bits per heavy atom. The highest BCUT2D eigenvalue weighted by atomic mass is 16.5. The fraction of sp³-hybridized carbons (Fsp3) is 0.179. The van der Waals surface area contributed by atoms with E-state index in [1.165, 1.54) is 7.11 Å². The molecular formula is C28H27N3O6. The Labute approximate surface area is 214 Å². The largest absolute Gasteiger partial charge is 0.497 e. The first-order chi connectivity index (χ1) is 18.0. The lowest BCUT2D eigenvalue weighted by atomic mass is 10.1. The molecule has 4 rings (SSSR count).